The van der Waals surface area contributed by atoms with Crippen LogP contribution in [0.5, 0.6) is 0 Å². The van der Waals surface area contributed by atoms with Crippen molar-refractivity contribution in [1.82, 2.24) is 0 Å². The number of hydrogen-bond acceptors (Lipinski definition) is 2. The molecule has 0 radical (unpaired) electrons. The Labute approximate surface area is 167 Å². The standard InChI is InChI=1S/C25H42O2/c1-20(2)9-8-18-25(5,27)24-16-14-21(3)10-6-12-23(19-26)13-7-11-22(4)15-17-24/h9-10,13,15,24,26-27H,6-8,11-12,14,16-19H2,1-5H3/b21-10+,22-15-,23-13-. The van der Waals surface area contributed by atoms with E-state index < -0.39 is 5.60 Å². The summed E-state index contributed by atoms with van der Waals surface area (Å²) in [6.45, 7) is 10.8. The van der Waals surface area contributed by atoms with Crippen molar-refractivity contribution in [3.63, 3.8) is 0 Å². The van der Waals surface area contributed by atoms with Crippen molar-refractivity contribution in [2.75, 3.05) is 6.61 Å². The highest BCUT2D eigenvalue weighted by molar-refractivity contribution is 5.09. The van der Waals surface area contributed by atoms with E-state index in [-0.39, 0.29) is 12.5 Å². The van der Waals surface area contributed by atoms with Gasteiger partial charge in [0.25, 0.3) is 0 Å². The van der Waals surface area contributed by atoms with Crippen LogP contribution < -0.4 is 0 Å². The van der Waals surface area contributed by atoms with Crippen molar-refractivity contribution in [3.05, 3.63) is 46.6 Å². The second-order valence-electron chi connectivity index (χ2n) is 8.85. The van der Waals surface area contributed by atoms with Crippen LogP contribution in [0.15, 0.2) is 46.6 Å². The highest BCUT2D eigenvalue weighted by Crippen LogP contribution is 2.32. The Balaban J connectivity index is 2.90. The number of rotatable bonds is 5. The Hall–Kier alpha value is -1.12. The number of aliphatic hydroxyl groups is 2. The first kappa shape index (κ1) is 23.9. The van der Waals surface area contributed by atoms with Gasteiger partial charge in [0.15, 0.2) is 0 Å². The zero-order valence-electron chi connectivity index (χ0n) is 18.4. The van der Waals surface area contributed by atoms with E-state index in [0.717, 1.165) is 63.4 Å². The number of aliphatic hydroxyl groups excluding tert-OH is 1. The van der Waals surface area contributed by atoms with E-state index in [1.54, 1.807) is 0 Å². The largest absolute Gasteiger partial charge is 0.392 e. The van der Waals surface area contributed by atoms with Gasteiger partial charge in [-0.05, 0) is 104 Å². The molecule has 0 saturated heterocycles. The van der Waals surface area contributed by atoms with Crippen LogP contribution in [0, 0.1) is 5.92 Å². The van der Waals surface area contributed by atoms with E-state index in [9.17, 15) is 10.2 Å². The molecule has 2 N–H and O–H groups in total. The topological polar surface area (TPSA) is 40.5 Å². The molecule has 2 heteroatoms. The molecule has 27 heavy (non-hydrogen) atoms. The molecule has 0 heterocycles. The summed E-state index contributed by atoms with van der Waals surface area (Å²) in [5, 5.41) is 20.7. The van der Waals surface area contributed by atoms with Gasteiger partial charge in [-0.25, -0.2) is 0 Å². The Morgan fingerprint density at radius 2 is 1.74 bits per heavy atom. The molecule has 154 valence electrons. The fourth-order valence-corrected chi connectivity index (χ4v) is 3.74. The molecular formula is C25H42O2. The van der Waals surface area contributed by atoms with Crippen LogP contribution in [0.3, 0.4) is 0 Å². The fourth-order valence-electron chi connectivity index (χ4n) is 3.74. The van der Waals surface area contributed by atoms with Crippen LogP contribution in [0.25, 0.3) is 0 Å². The van der Waals surface area contributed by atoms with Crippen LogP contribution in [0.4, 0.5) is 0 Å². The molecule has 0 aromatic carbocycles. The summed E-state index contributed by atoms with van der Waals surface area (Å²) >= 11 is 0. The normalized spacial score (nSPS) is 28.4. The van der Waals surface area contributed by atoms with Gasteiger partial charge in [0.1, 0.15) is 0 Å². The van der Waals surface area contributed by atoms with Gasteiger partial charge in [-0.2, -0.15) is 0 Å². The summed E-state index contributed by atoms with van der Waals surface area (Å²) in [4.78, 5) is 0. The predicted octanol–water partition coefficient (Wildman–Crippen LogP) is 6.66. The van der Waals surface area contributed by atoms with Gasteiger partial charge >= 0.3 is 0 Å². The molecule has 2 unspecified atom stereocenters. The van der Waals surface area contributed by atoms with Gasteiger partial charge in [0.2, 0.25) is 0 Å². The minimum Gasteiger partial charge on any atom is -0.392 e. The van der Waals surface area contributed by atoms with Gasteiger partial charge in [0.05, 0.1) is 12.2 Å². The highest BCUT2D eigenvalue weighted by Gasteiger charge is 2.30. The lowest BCUT2D eigenvalue weighted by Gasteiger charge is -2.33. The van der Waals surface area contributed by atoms with Crippen LogP contribution in [-0.2, 0) is 0 Å². The van der Waals surface area contributed by atoms with E-state index in [4.69, 9.17) is 0 Å². The van der Waals surface area contributed by atoms with Crippen molar-refractivity contribution in [2.45, 2.75) is 98.0 Å². The molecule has 0 saturated carbocycles. The lowest BCUT2D eigenvalue weighted by Crippen LogP contribution is -2.34. The maximum atomic E-state index is 11.2. The summed E-state index contributed by atoms with van der Waals surface area (Å²) in [6, 6.07) is 0. The Bertz CT molecular complexity index is 557. The fraction of sp³-hybridized carbons (Fsp3) is 0.680. The first-order chi connectivity index (χ1) is 12.7. The first-order valence-electron chi connectivity index (χ1n) is 10.7. The summed E-state index contributed by atoms with van der Waals surface area (Å²) in [5.74, 6) is 0.285. The van der Waals surface area contributed by atoms with Crippen LogP contribution in [0.2, 0.25) is 0 Å². The van der Waals surface area contributed by atoms with Crippen molar-refractivity contribution in [1.29, 1.82) is 0 Å². The van der Waals surface area contributed by atoms with Crippen LogP contribution in [-0.4, -0.2) is 22.4 Å². The van der Waals surface area contributed by atoms with Gasteiger partial charge < -0.3 is 10.2 Å². The first-order valence-corrected chi connectivity index (χ1v) is 10.7. The minimum atomic E-state index is -0.635. The zero-order chi connectivity index (χ0) is 20.3. The monoisotopic (exact) mass is 374 g/mol. The van der Waals surface area contributed by atoms with Crippen molar-refractivity contribution >= 4 is 0 Å². The summed E-state index contributed by atoms with van der Waals surface area (Å²) < 4.78 is 0. The minimum absolute atomic E-state index is 0.173. The van der Waals surface area contributed by atoms with Crippen molar-refractivity contribution < 1.29 is 10.2 Å². The Kier molecular flexibility index (Phi) is 10.9. The summed E-state index contributed by atoms with van der Waals surface area (Å²) in [6.07, 6.45) is 17.8. The third-order valence-corrected chi connectivity index (χ3v) is 5.85. The maximum Gasteiger partial charge on any atom is 0.0653 e. The van der Waals surface area contributed by atoms with E-state index in [2.05, 4.69) is 52.0 Å². The van der Waals surface area contributed by atoms with Crippen LogP contribution >= 0.6 is 0 Å². The summed E-state index contributed by atoms with van der Waals surface area (Å²) in [5.41, 5.74) is 4.63. The average molecular weight is 375 g/mol. The molecule has 1 rings (SSSR count). The van der Waals surface area contributed by atoms with Crippen LogP contribution in [0.1, 0.15) is 92.4 Å². The van der Waals surface area contributed by atoms with Gasteiger partial charge in [-0.15, -0.1) is 0 Å². The second kappa shape index (κ2) is 12.4. The average Bonchev–Trinajstić information content (AvgIpc) is 2.58. The molecule has 1 aliphatic rings. The zero-order valence-corrected chi connectivity index (χ0v) is 18.4. The van der Waals surface area contributed by atoms with E-state index in [0.29, 0.717) is 0 Å². The Morgan fingerprint density at radius 3 is 2.41 bits per heavy atom. The molecule has 0 aromatic heterocycles. The smallest absolute Gasteiger partial charge is 0.0653 e. The van der Waals surface area contributed by atoms with Gasteiger partial charge in [-0.3, -0.25) is 0 Å². The molecular weight excluding hydrogens is 332 g/mol. The molecule has 2 nitrogen and oxygen atoms in total. The third kappa shape index (κ3) is 10.1. The molecule has 0 bridgehead atoms. The van der Waals surface area contributed by atoms with Crippen molar-refractivity contribution in [3.8, 4) is 0 Å². The molecule has 0 aromatic rings. The van der Waals surface area contributed by atoms with E-state index >= 15 is 0 Å². The lowest BCUT2D eigenvalue weighted by atomic mass is 9.79. The summed E-state index contributed by atoms with van der Waals surface area (Å²) in [7, 11) is 0. The molecule has 0 spiro atoms. The lowest BCUT2D eigenvalue weighted by molar-refractivity contribution is -0.0105. The van der Waals surface area contributed by atoms with Gasteiger partial charge in [0, 0.05) is 0 Å². The maximum absolute atomic E-state index is 11.2. The third-order valence-electron chi connectivity index (χ3n) is 5.85. The molecule has 1 aliphatic carbocycles. The molecule has 0 fully saturated rings. The highest BCUT2D eigenvalue weighted by atomic mass is 16.3. The molecule has 2 atom stereocenters. The van der Waals surface area contributed by atoms with E-state index in [1.807, 2.05) is 6.92 Å². The quantitative estimate of drug-likeness (QED) is 0.528. The van der Waals surface area contributed by atoms with Gasteiger partial charge in [-0.1, -0.05) is 41.0 Å². The Morgan fingerprint density at radius 1 is 1.07 bits per heavy atom. The second-order valence-corrected chi connectivity index (χ2v) is 8.85. The predicted molar refractivity (Wildman–Crippen MR) is 118 cm³/mol. The van der Waals surface area contributed by atoms with E-state index in [1.165, 1.54) is 16.7 Å². The van der Waals surface area contributed by atoms with Crippen molar-refractivity contribution in [2.24, 2.45) is 5.92 Å². The number of allylic oxidation sites excluding steroid dienone is 7. The molecule has 0 aliphatic heterocycles. The number of hydrogen-bond donors (Lipinski definition) is 2. The molecule has 0 amide bonds. The SMILES string of the molecule is CC(C)=CCCC(C)(O)C1C/C=C(/C)CC/C=C(\CO)CC/C=C(\C)CC1.